The molecular weight excluding hydrogens is 311 g/mol. The molecule has 0 radical (unpaired) electrons. The smallest absolute Gasteiger partial charge is 0.408 e. The Morgan fingerprint density at radius 1 is 1.42 bits per heavy atom. The van der Waals surface area contributed by atoms with E-state index >= 15 is 0 Å². The van der Waals surface area contributed by atoms with Crippen molar-refractivity contribution in [1.82, 2.24) is 5.32 Å². The molecule has 1 N–H and O–H groups in total. The number of benzene rings is 1. The molecular formula is C18H23FN2O3. The molecule has 0 aliphatic carbocycles. The maximum Gasteiger partial charge on any atom is 0.408 e. The number of rotatable bonds is 3. The summed E-state index contributed by atoms with van der Waals surface area (Å²) in [6, 6.07) is 3.94. The summed E-state index contributed by atoms with van der Waals surface area (Å²) in [6.45, 7) is 11.1. The number of alkyl carbamates (subject to hydrolysis) is 1. The van der Waals surface area contributed by atoms with Gasteiger partial charge < -0.3 is 15.0 Å². The highest BCUT2D eigenvalue weighted by molar-refractivity contribution is 6.01. The third-order valence-electron chi connectivity index (χ3n) is 3.63. The topological polar surface area (TPSA) is 58.6 Å². The maximum atomic E-state index is 14.3. The number of hydrogen-bond acceptors (Lipinski definition) is 3. The highest BCUT2D eigenvalue weighted by atomic mass is 19.1. The number of ether oxygens (including phenoxy) is 1. The molecule has 0 spiro atoms. The second-order valence-corrected chi connectivity index (χ2v) is 6.92. The number of nitrogens with one attached hydrogen (secondary N) is 1. The van der Waals surface area contributed by atoms with Crippen LogP contribution in [0.4, 0.5) is 14.9 Å². The lowest BCUT2D eigenvalue weighted by Gasteiger charge is -2.22. The summed E-state index contributed by atoms with van der Waals surface area (Å²) in [4.78, 5) is 25.6. The lowest BCUT2D eigenvalue weighted by atomic mass is 10.1. The van der Waals surface area contributed by atoms with Crippen molar-refractivity contribution in [2.45, 2.75) is 45.8 Å². The van der Waals surface area contributed by atoms with Gasteiger partial charge in [0.05, 0.1) is 5.69 Å². The van der Waals surface area contributed by atoms with Crippen LogP contribution in [0.5, 0.6) is 0 Å². The minimum atomic E-state index is -0.708. The molecule has 0 unspecified atom stereocenters. The molecule has 1 aromatic rings. The molecule has 1 aromatic carbocycles. The van der Waals surface area contributed by atoms with Gasteiger partial charge >= 0.3 is 6.09 Å². The van der Waals surface area contributed by atoms with Gasteiger partial charge in [-0.15, -0.1) is 0 Å². The van der Waals surface area contributed by atoms with E-state index in [9.17, 15) is 14.0 Å². The first-order valence-corrected chi connectivity index (χ1v) is 7.85. The van der Waals surface area contributed by atoms with Crippen LogP contribution in [0.3, 0.4) is 0 Å². The van der Waals surface area contributed by atoms with Gasteiger partial charge in [-0.3, -0.25) is 4.79 Å². The van der Waals surface area contributed by atoms with Crippen LogP contribution in [-0.4, -0.2) is 30.2 Å². The minimum Gasteiger partial charge on any atom is -0.444 e. The summed E-state index contributed by atoms with van der Waals surface area (Å²) in [5.74, 6) is -0.829. The van der Waals surface area contributed by atoms with Gasteiger partial charge in [-0.1, -0.05) is 18.2 Å². The van der Waals surface area contributed by atoms with Gasteiger partial charge in [0.1, 0.15) is 17.5 Å². The zero-order valence-electron chi connectivity index (χ0n) is 14.5. The predicted molar refractivity (Wildman–Crippen MR) is 91.2 cm³/mol. The lowest BCUT2D eigenvalue weighted by molar-refractivity contribution is -0.118. The van der Waals surface area contributed by atoms with E-state index in [1.165, 1.54) is 11.0 Å². The molecule has 2 rings (SSSR count). The van der Waals surface area contributed by atoms with Gasteiger partial charge in [0.15, 0.2) is 0 Å². The number of amides is 2. The van der Waals surface area contributed by atoms with E-state index in [0.717, 1.165) is 5.57 Å². The first-order chi connectivity index (χ1) is 11.1. The Hall–Kier alpha value is -2.37. The fraction of sp³-hybridized carbons (Fsp3) is 0.444. The fourth-order valence-electron chi connectivity index (χ4n) is 2.49. The third kappa shape index (κ3) is 4.13. The van der Waals surface area contributed by atoms with Gasteiger partial charge in [0.25, 0.3) is 0 Å². The summed E-state index contributed by atoms with van der Waals surface area (Å²) >= 11 is 0. The standard InChI is InChI=1S/C18H23FN2O3/c1-11(2)12-6-7-15(13(19)10-12)21-9-8-14(16(21)22)20-17(23)24-18(3,4)5/h6-7,10,14H,1,8-9H2,2-5H3,(H,20,23)/t14-/m0/s1. The molecule has 1 fully saturated rings. The molecule has 1 aliphatic rings. The summed E-state index contributed by atoms with van der Waals surface area (Å²) < 4.78 is 19.5. The monoisotopic (exact) mass is 334 g/mol. The Morgan fingerprint density at radius 3 is 2.62 bits per heavy atom. The highest BCUT2D eigenvalue weighted by Crippen LogP contribution is 2.27. The third-order valence-corrected chi connectivity index (χ3v) is 3.63. The van der Waals surface area contributed by atoms with E-state index < -0.39 is 23.6 Å². The molecule has 0 aromatic heterocycles. The minimum absolute atomic E-state index is 0.207. The molecule has 1 saturated heterocycles. The number of carbonyl (C=O) groups is 2. The average Bonchev–Trinajstić information content (AvgIpc) is 2.78. The van der Waals surface area contributed by atoms with Crippen LogP contribution < -0.4 is 10.2 Å². The summed E-state index contributed by atoms with van der Waals surface area (Å²) in [5, 5.41) is 2.55. The van der Waals surface area contributed by atoms with Crippen molar-refractivity contribution in [1.29, 1.82) is 0 Å². The Labute approximate surface area is 141 Å². The van der Waals surface area contributed by atoms with Gasteiger partial charge in [0, 0.05) is 6.54 Å². The highest BCUT2D eigenvalue weighted by Gasteiger charge is 2.35. The number of carbonyl (C=O) groups excluding carboxylic acids is 2. The Morgan fingerprint density at radius 2 is 2.08 bits per heavy atom. The van der Waals surface area contributed by atoms with Gasteiger partial charge in [-0.2, -0.15) is 0 Å². The van der Waals surface area contributed by atoms with Crippen molar-refractivity contribution in [3.63, 3.8) is 0 Å². The summed E-state index contributed by atoms with van der Waals surface area (Å²) in [7, 11) is 0. The number of hydrogen-bond donors (Lipinski definition) is 1. The van der Waals surface area contributed by atoms with Crippen molar-refractivity contribution in [3.8, 4) is 0 Å². The van der Waals surface area contributed by atoms with Gasteiger partial charge in [0.2, 0.25) is 5.91 Å². The number of allylic oxidation sites excluding steroid dienone is 1. The second kappa shape index (κ2) is 6.63. The number of halogens is 1. The Bertz CT molecular complexity index is 679. The van der Waals surface area contributed by atoms with Crippen molar-refractivity contribution in [2.75, 3.05) is 11.4 Å². The van der Waals surface area contributed by atoms with Crippen LogP contribution in [-0.2, 0) is 9.53 Å². The van der Waals surface area contributed by atoms with Crippen molar-refractivity contribution in [3.05, 3.63) is 36.2 Å². The first-order valence-electron chi connectivity index (χ1n) is 7.85. The quantitative estimate of drug-likeness (QED) is 0.920. The van der Waals surface area contributed by atoms with Crippen LogP contribution in [0.1, 0.15) is 39.7 Å². The van der Waals surface area contributed by atoms with Crippen LogP contribution in [0, 0.1) is 5.82 Å². The maximum absolute atomic E-state index is 14.3. The Kier molecular flexibility index (Phi) is 4.96. The molecule has 1 heterocycles. The predicted octanol–water partition coefficient (Wildman–Crippen LogP) is 3.49. The summed E-state index contributed by atoms with van der Waals surface area (Å²) in [5.41, 5.74) is 0.998. The molecule has 6 heteroatoms. The normalized spacial score (nSPS) is 17.8. The largest absolute Gasteiger partial charge is 0.444 e. The van der Waals surface area contributed by atoms with Crippen LogP contribution in [0.15, 0.2) is 24.8 Å². The SMILES string of the molecule is C=C(C)c1ccc(N2CC[C@H](NC(=O)OC(C)(C)C)C2=O)c(F)c1. The van der Waals surface area contributed by atoms with E-state index in [0.29, 0.717) is 18.5 Å². The van der Waals surface area contributed by atoms with Crippen molar-refractivity contribution >= 4 is 23.3 Å². The van der Waals surface area contributed by atoms with E-state index in [4.69, 9.17) is 4.74 Å². The lowest BCUT2D eigenvalue weighted by Crippen LogP contribution is -2.43. The molecule has 5 nitrogen and oxygen atoms in total. The van der Waals surface area contributed by atoms with Crippen LogP contribution in [0.2, 0.25) is 0 Å². The second-order valence-electron chi connectivity index (χ2n) is 6.92. The van der Waals surface area contributed by atoms with E-state index in [-0.39, 0.29) is 11.6 Å². The van der Waals surface area contributed by atoms with Gasteiger partial charge in [-0.25, -0.2) is 9.18 Å². The van der Waals surface area contributed by atoms with Crippen LogP contribution in [0.25, 0.3) is 5.57 Å². The molecule has 24 heavy (non-hydrogen) atoms. The summed E-state index contributed by atoms with van der Waals surface area (Å²) in [6.07, 6.45) is -0.250. The molecule has 1 atom stereocenters. The molecule has 0 saturated carbocycles. The van der Waals surface area contributed by atoms with Crippen molar-refractivity contribution < 1.29 is 18.7 Å². The van der Waals surface area contributed by atoms with Crippen LogP contribution >= 0.6 is 0 Å². The molecule has 1 aliphatic heterocycles. The molecule has 130 valence electrons. The number of anilines is 1. The van der Waals surface area contributed by atoms with E-state index in [1.807, 2.05) is 0 Å². The molecule has 2 amide bonds. The average molecular weight is 334 g/mol. The molecule has 0 bridgehead atoms. The van der Waals surface area contributed by atoms with Crippen molar-refractivity contribution in [2.24, 2.45) is 0 Å². The zero-order chi connectivity index (χ0) is 18.1. The zero-order valence-corrected chi connectivity index (χ0v) is 14.5. The first kappa shape index (κ1) is 18.0. The van der Waals surface area contributed by atoms with Gasteiger partial charge in [-0.05, 0) is 51.8 Å². The van der Waals surface area contributed by atoms with E-state index in [2.05, 4.69) is 11.9 Å². The van der Waals surface area contributed by atoms with E-state index in [1.54, 1.807) is 39.8 Å². The Balaban J connectivity index is 2.09. The number of nitrogens with zero attached hydrogens (tertiary/aromatic N) is 1. The fourth-order valence-corrected chi connectivity index (χ4v) is 2.49.